The summed E-state index contributed by atoms with van der Waals surface area (Å²) in [4.78, 5) is 7.16. The van der Waals surface area contributed by atoms with Gasteiger partial charge in [0.25, 0.3) is 0 Å². The average molecular weight is 419 g/mol. The van der Waals surface area contributed by atoms with E-state index in [2.05, 4.69) is 67.5 Å². The minimum Gasteiger partial charge on any atom is -0.396 e. The molecule has 0 aliphatic carbocycles. The standard InChI is InChI=1S/C24H42N4O2/c1-5-25-24(26-14-11-23(19(3)4)30-6-2)27-17-20-7-9-22(10-8-20)28-15-12-21(18-29)13-16-28/h7-10,19,21,23,29H,5-6,11-18H2,1-4H3,(H2,25,26,27). The van der Waals surface area contributed by atoms with Crippen molar-refractivity contribution in [1.29, 1.82) is 0 Å². The van der Waals surface area contributed by atoms with Crippen LogP contribution < -0.4 is 15.5 Å². The summed E-state index contributed by atoms with van der Waals surface area (Å²) in [7, 11) is 0. The lowest BCUT2D eigenvalue weighted by Gasteiger charge is -2.32. The van der Waals surface area contributed by atoms with Crippen molar-refractivity contribution in [3.05, 3.63) is 29.8 Å². The van der Waals surface area contributed by atoms with Gasteiger partial charge in [-0.25, -0.2) is 4.99 Å². The molecular weight excluding hydrogens is 376 g/mol. The summed E-state index contributed by atoms with van der Waals surface area (Å²) in [5.74, 6) is 1.84. The molecule has 1 aromatic rings. The predicted molar refractivity (Wildman–Crippen MR) is 126 cm³/mol. The zero-order chi connectivity index (χ0) is 21.8. The molecule has 6 heteroatoms. The fourth-order valence-electron chi connectivity index (χ4n) is 3.85. The number of anilines is 1. The van der Waals surface area contributed by atoms with Crippen LogP contribution in [0.2, 0.25) is 0 Å². The second-order valence-electron chi connectivity index (χ2n) is 8.43. The third-order valence-electron chi connectivity index (χ3n) is 5.78. The van der Waals surface area contributed by atoms with E-state index in [0.717, 1.165) is 58.0 Å². The Balaban J connectivity index is 1.85. The van der Waals surface area contributed by atoms with Gasteiger partial charge in [0.1, 0.15) is 0 Å². The van der Waals surface area contributed by atoms with Gasteiger partial charge in [0, 0.05) is 45.1 Å². The van der Waals surface area contributed by atoms with E-state index >= 15 is 0 Å². The molecule has 1 fully saturated rings. The van der Waals surface area contributed by atoms with Crippen molar-refractivity contribution in [2.45, 2.75) is 59.6 Å². The Morgan fingerprint density at radius 3 is 2.43 bits per heavy atom. The van der Waals surface area contributed by atoms with Crippen LogP contribution in [0.25, 0.3) is 0 Å². The fourth-order valence-corrected chi connectivity index (χ4v) is 3.85. The van der Waals surface area contributed by atoms with Crippen molar-refractivity contribution in [3.63, 3.8) is 0 Å². The van der Waals surface area contributed by atoms with Gasteiger partial charge in [-0.1, -0.05) is 26.0 Å². The maximum absolute atomic E-state index is 9.31. The molecule has 2 rings (SSSR count). The van der Waals surface area contributed by atoms with Gasteiger partial charge in [-0.3, -0.25) is 0 Å². The molecule has 30 heavy (non-hydrogen) atoms. The van der Waals surface area contributed by atoms with Gasteiger partial charge in [-0.05, 0) is 62.6 Å². The number of hydrogen-bond donors (Lipinski definition) is 3. The number of aliphatic hydroxyl groups excluding tert-OH is 1. The molecule has 1 atom stereocenters. The summed E-state index contributed by atoms with van der Waals surface area (Å²) in [6.07, 6.45) is 3.39. The van der Waals surface area contributed by atoms with E-state index in [1.165, 1.54) is 11.3 Å². The van der Waals surface area contributed by atoms with Crippen LogP contribution in [0.15, 0.2) is 29.3 Å². The van der Waals surface area contributed by atoms with Crippen LogP contribution in [0.4, 0.5) is 5.69 Å². The molecule has 0 aromatic heterocycles. The number of hydrogen-bond acceptors (Lipinski definition) is 4. The third-order valence-corrected chi connectivity index (χ3v) is 5.78. The molecule has 3 N–H and O–H groups in total. The maximum Gasteiger partial charge on any atom is 0.191 e. The molecule has 0 saturated carbocycles. The Morgan fingerprint density at radius 1 is 1.17 bits per heavy atom. The van der Waals surface area contributed by atoms with Crippen LogP contribution in [0, 0.1) is 11.8 Å². The minimum absolute atomic E-state index is 0.278. The lowest BCUT2D eigenvalue weighted by Crippen LogP contribution is -2.39. The van der Waals surface area contributed by atoms with E-state index in [4.69, 9.17) is 9.73 Å². The molecule has 0 spiro atoms. The molecule has 0 bridgehead atoms. The number of benzene rings is 1. The van der Waals surface area contributed by atoms with Crippen LogP contribution in [0.1, 0.15) is 52.5 Å². The smallest absolute Gasteiger partial charge is 0.191 e. The molecule has 1 saturated heterocycles. The van der Waals surface area contributed by atoms with Crippen LogP contribution in [-0.4, -0.2) is 56.6 Å². The fraction of sp³-hybridized carbons (Fsp3) is 0.708. The van der Waals surface area contributed by atoms with Crippen molar-refractivity contribution in [3.8, 4) is 0 Å². The van der Waals surface area contributed by atoms with Gasteiger partial charge in [-0.15, -0.1) is 0 Å². The van der Waals surface area contributed by atoms with Crippen LogP contribution >= 0.6 is 0 Å². The highest BCUT2D eigenvalue weighted by Crippen LogP contribution is 2.23. The largest absolute Gasteiger partial charge is 0.396 e. The molecular formula is C24H42N4O2. The first-order valence-electron chi connectivity index (χ1n) is 11.7. The number of rotatable bonds is 11. The highest BCUT2D eigenvalue weighted by Gasteiger charge is 2.18. The Morgan fingerprint density at radius 2 is 1.87 bits per heavy atom. The molecule has 1 aromatic carbocycles. The Hall–Kier alpha value is -1.79. The molecule has 1 aliphatic heterocycles. The second-order valence-corrected chi connectivity index (χ2v) is 8.43. The topological polar surface area (TPSA) is 69.1 Å². The highest BCUT2D eigenvalue weighted by atomic mass is 16.5. The average Bonchev–Trinajstić information content (AvgIpc) is 2.77. The first-order valence-corrected chi connectivity index (χ1v) is 11.7. The maximum atomic E-state index is 9.31. The quantitative estimate of drug-likeness (QED) is 0.380. The van der Waals surface area contributed by atoms with Crippen LogP contribution in [0.5, 0.6) is 0 Å². The number of ether oxygens (including phenoxy) is 1. The van der Waals surface area contributed by atoms with E-state index < -0.39 is 0 Å². The van der Waals surface area contributed by atoms with Crippen molar-refractivity contribution >= 4 is 11.6 Å². The number of nitrogens with zero attached hydrogens (tertiary/aromatic N) is 2. The molecule has 0 radical (unpaired) electrons. The zero-order valence-corrected chi connectivity index (χ0v) is 19.4. The summed E-state index contributed by atoms with van der Waals surface area (Å²) in [6.45, 7) is 14.0. The number of piperidine rings is 1. The van der Waals surface area contributed by atoms with E-state index in [1.807, 2.05) is 0 Å². The summed E-state index contributed by atoms with van der Waals surface area (Å²) in [6, 6.07) is 8.73. The lowest BCUT2D eigenvalue weighted by atomic mass is 9.97. The summed E-state index contributed by atoms with van der Waals surface area (Å²) < 4.78 is 5.83. The Kier molecular flexibility index (Phi) is 11.0. The van der Waals surface area contributed by atoms with E-state index in [1.54, 1.807) is 0 Å². The molecule has 170 valence electrons. The molecule has 1 heterocycles. The molecule has 1 aliphatic rings. The van der Waals surface area contributed by atoms with E-state index in [-0.39, 0.29) is 6.10 Å². The number of aliphatic imine (C=N–C) groups is 1. The highest BCUT2D eigenvalue weighted by molar-refractivity contribution is 5.79. The number of nitrogens with one attached hydrogen (secondary N) is 2. The number of aliphatic hydroxyl groups is 1. The third kappa shape index (κ3) is 8.15. The van der Waals surface area contributed by atoms with Crippen LogP contribution in [-0.2, 0) is 11.3 Å². The molecule has 0 amide bonds. The molecule has 6 nitrogen and oxygen atoms in total. The van der Waals surface area contributed by atoms with Gasteiger partial charge in [-0.2, -0.15) is 0 Å². The Bertz CT molecular complexity index is 610. The summed E-state index contributed by atoms with van der Waals surface area (Å²) in [5, 5.41) is 16.1. The van der Waals surface area contributed by atoms with Crippen LogP contribution in [0.3, 0.4) is 0 Å². The predicted octanol–water partition coefficient (Wildman–Crippen LogP) is 3.40. The van der Waals surface area contributed by atoms with Gasteiger partial charge >= 0.3 is 0 Å². The lowest BCUT2D eigenvalue weighted by molar-refractivity contribution is 0.0258. The SMILES string of the molecule is CCNC(=NCc1ccc(N2CCC(CO)CC2)cc1)NCCC(OCC)C(C)C. The van der Waals surface area contributed by atoms with E-state index in [9.17, 15) is 5.11 Å². The normalized spacial score (nSPS) is 16.7. The first kappa shape index (κ1) is 24.5. The first-order chi connectivity index (χ1) is 14.6. The van der Waals surface area contributed by atoms with Crippen molar-refractivity contribution < 1.29 is 9.84 Å². The van der Waals surface area contributed by atoms with Gasteiger partial charge in [0.05, 0.1) is 12.6 Å². The van der Waals surface area contributed by atoms with E-state index in [0.29, 0.717) is 25.0 Å². The minimum atomic E-state index is 0.278. The zero-order valence-electron chi connectivity index (χ0n) is 19.4. The number of guanidine groups is 1. The summed E-state index contributed by atoms with van der Waals surface area (Å²) >= 11 is 0. The Labute approximate surface area is 183 Å². The van der Waals surface area contributed by atoms with Crippen molar-refractivity contribution in [2.24, 2.45) is 16.8 Å². The van der Waals surface area contributed by atoms with Crippen molar-refractivity contribution in [2.75, 3.05) is 44.3 Å². The van der Waals surface area contributed by atoms with Crippen molar-refractivity contribution in [1.82, 2.24) is 10.6 Å². The van der Waals surface area contributed by atoms with Gasteiger partial charge in [0.15, 0.2) is 5.96 Å². The van der Waals surface area contributed by atoms with Gasteiger partial charge in [0.2, 0.25) is 0 Å². The molecule has 1 unspecified atom stereocenters. The second kappa shape index (κ2) is 13.5. The monoisotopic (exact) mass is 418 g/mol. The van der Waals surface area contributed by atoms with Gasteiger partial charge < -0.3 is 25.4 Å². The summed E-state index contributed by atoms with van der Waals surface area (Å²) in [5.41, 5.74) is 2.47.